The molecule has 0 radical (unpaired) electrons. The lowest BCUT2D eigenvalue weighted by Gasteiger charge is -2.33. The van der Waals surface area contributed by atoms with Gasteiger partial charge in [0.25, 0.3) is 0 Å². The standard InChI is InChI=1S/C24H21F3N4O2S2/c25-24(26,27)18-7-9-20(10-8-18)35(32,33)30-13-17-4-1-2-5-21(17)31(14-19-12-28-16-29-19)22(15-30)23-6-3-11-34-23/h1-12,16,22H,13-15H2,(H,28,29)/t22-/m0/s1. The normalized spacial score (nSPS) is 17.2. The molecule has 1 atom stereocenters. The Bertz CT molecular complexity index is 1390. The zero-order chi connectivity index (χ0) is 24.6. The van der Waals surface area contributed by atoms with Gasteiger partial charge < -0.3 is 9.88 Å². The second kappa shape index (κ2) is 9.14. The lowest BCUT2D eigenvalue weighted by Crippen LogP contribution is -2.37. The summed E-state index contributed by atoms with van der Waals surface area (Å²) in [5, 5.41) is 1.94. The Balaban J connectivity index is 1.58. The third kappa shape index (κ3) is 4.71. The molecule has 2 aromatic carbocycles. The summed E-state index contributed by atoms with van der Waals surface area (Å²) in [5.74, 6) is 0. The van der Waals surface area contributed by atoms with Crippen molar-refractivity contribution >= 4 is 27.0 Å². The molecule has 0 bridgehead atoms. The molecule has 0 spiro atoms. The Kier molecular flexibility index (Phi) is 6.16. The number of fused-ring (bicyclic) bond motifs is 1. The summed E-state index contributed by atoms with van der Waals surface area (Å²) in [6.45, 7) is 0.710. The Morgan fingerprint density at radius 1 is 1.06 bits per heavy atom. The molecular formula is C24H21F3N4O2S2. The molecule has 1 aliphatic heterocycles. The second-order valence-corrected chi connectivity index (χ2v) is 11.1. The van der Waals surface area contributed by atoms with Crippen LogP contribution in [0.1, 0.15) is 27.7 Å². The number of H-pyrrole nitrogens is 1. The van der Waals surface area contributed by atoms with Gasteiger partial charge >= 0.3 is 6.18 Å². The largest absolute Gasteiger partial charge is 0.416 e. The average Bonchev–Trinajstić information content (AvgIpc) is 3.52. The summed E-state index contributed by atoms with van der Waals surface area (Å²) in [5.41, 5.74) is 1.69. The van der Waals surface area contributed by atoms with Crippen molar-refractivity contribution in [2.75, 3.05) is 11.4 Å². The highest BCUT2D eigenvalue weighted by molar-refractivity contribution is 7.89. The number of nitrogens with zero attached hydrogens (tertiary/aromatic N) is 3. The van der Waals surface area contributed by atoms with Gasteiger partial charge in [-0.15, -0.1) is 11.3 Å². The first-order valence-electron chi connectivity index (χ1n) is 10.8. The zero-order valence-corrected chi connectivity index (χ0v) is 19.9. The van der Waals surface area contributed by atoms with Gasteiger partial charge in [0.2, 0.25) is 10.0 Å². The summed E-state index contributed by atoms with van der Waals surface area (Å²) < 4.78 is 67.8. The van der Waals surface area contributed by atoms with Crippen molar-refractivity contribution in [3.8, 4) is 0 Å². The van der Waals surface area contributed by atoms with Crippen LogP contribution in [-0.4, -0.2) is 29.2 Å². The van der Waals surface area contributed by atoms with Crippen LogP contribution >= 0.6 is 11.3 Å². The first kappa shape index (κ1) is 23.6. The third-order valence-electron chi connectivity index (χ3n) is 5.99. The van der Waals surface area contributed by atoms with E-state index in [-0.39, 0.29) is 24.0 Å². The van der Waals surface area contributed by atoms with Gasteiger partial charge in [-0.05, 0) is 47.3 Å². The van der Waals surface area contributed by atoms with Crippen molar-refractivity contribution in [3.05, 3.63) is 100 Å². The number of thiophene rings is 1. The molecule has 4 aromatic rings. The number of benzene rings is 2. The van der Waals surface area contributed by atoms with Crippen molar-refractivity contribution in [2.45, 2.75) is 30.2 Å². The lowest BCUT2D eigenvalue weighted by molar-refractivity contribution is -0.137. The maximum Gasteiger partial charge on any atom is 0.416 e. The van der Waals surface area contributed by atoms with E-state index in [1.807, 2.05) is 41.8 Å². The van der Waals surface area contributed by atoms with E-state index in [4.69, 9.17) is 0 Å². The molecule has 1 aliphatic rings. The lowest BCUT2D eigenvalue weighted by atomic mass is 10.1. The van der Waals surface area contributed by atoms with Crippen molar-refractivity contribution in [3.63, 3.8) is 0 Å². The van der Waals surface area contributed by atoms with Gasteiger partial charge in [-0.1, -0.05) is 24.3 Å². The minimum absolute atomic E-state index is 0.0981. The SMILES string of the molecule is O=S(=O)(c1ccc(C(F)(F)F)cc1)N1Cc2ccccc2N(Cc2cnc[nH]2)[C@H](c2cccs2)C1. The molecule has 6 nitrogen and oxygen atoms in total. The molecule has 35 heavy (non-hydrogen) atoms. The van der Waals surface area contributed by atoms with Crippen molar-refractivity contribution in [1.29, 1.82) is 0 Å². The number of hydrogen-bond acceptors (Lipinski definition) is 5. The molecule has 182 valence electrons. The molecule has 0 amide bonds. The Morgan fingerprint density at radius 3 is 2.49 bits per heavy atom. The smallest absolute Gasteiger partial charge is 0.356 e. The molecule has 11 heteroatoms. The number of halogens is 3. The summed E-state index contributed by atoms with van der Waals surface area (Å²) >= 11 is 1.53. The van der Waals surface area contributed by atoms with Gasteiger partial charge in [-0.25, -0.2) is 13.4 Å². The molecule has 2 aromatic heterocycles. The van der Waals surface area contributed by atoms with E-state index < -0.39 is 21.8 Å². The molecule has 0 fully saturated rings. The number of imidazole rings is 1. The minimum atomic E-state index is -4.54. The van der Waals surface area contributed by atoms with E-state index in [1.54, 1.807) is 12.5 Å². The first-order chi connectivity index (χ1) is 16.7. The second-order valence-electron chi connectivity index (χ2n) is 8.18. The number of rotatable bonds is 5. The maximum absolute atomic E-state index is 13.7. The summed E-state index contributed by atoms with van der Waals surface area (Å²) in [6, 6.07) is 14.8. The van der Waals surface area contributed by atoms with Crippen LogP contribution in [0.4, 0.5) is 18.9 Å². The van der Waals surface area contributed by atoms with Gasteiger partial charge in [-0.2, -0.15) is 17.5 Å². The fourth-order valence-corrected chi connectivity index (χ4v) is 6.52. The number of aromatic amines is 1. The van der Waals surface area contributed by atoms with Crippen LogP contribution in [0.5, 0.6) is 0 Å². The Hall–Kier alpha value is -3.15. The van der Waals surface area contributed by atoms with Gasteiger partial charge in [0.05, 0.1) is 35.1 Å². The number of nitrogens with one attached hydrogen (secondary N) is 1. The van der Waals surface area contributed by atoms with Gasteiger partial charge in [0.1, 0.15) is 0 Å². The summed E-state index contributed by atoms with van der Waals surface area (Å²) in [6.07, 6.45) is -1.21. The Labute approximate surface area is 204 Å². The van der Waals surface area contributed by atoms with Crippen LogP contribution < -0.4 is 4.90 Å². The highest BCUT2D eigenvalue weighted by atomic mass is 32.2. The van der Waals surface area contributed by atoms with Crippen LogP contribution in [0.2, 0.25) is 0 Å². The molecule has 5 rings (SSSR count). The quantitative estimate of drug-likeness (QED) is 0.382. The van der Waals surface area contributed by atoms with Gasteiger partial charge in [0, 0.05) is 29.9 Å². The van der Waals surface area contributed by atoms with E-state index in [9.17, 15) is 21.6 Å². The highest BCUT2D eigenvalue weighted by Crippen LogP contribution is 2.39. The van der Waals surface area contributed by atoms with E-state index in [0.29, 0.717) is 6.54 Å². The van der Waals surface area contributed by atoms with Crippen LogP contribution in [-0.2, 0) is 29.3 Å². The number of sulfonamides is 1. The third-order valence-corrected chi connectivity index (χ3v) is 8.79. The molecule has 0 saturated heterocycles. The van der Waals surface area contributed by atoms with E-state index in [1.165, 1.54) is 15.6 Å². The highest BCUT2D eigenvalue weighted by Gasteiger charge is 2.36. The van der Waals surface area contributed by atoms with Crippen LogP contribution in [0.3, 0.4) is 0 Å². The fourth-order valence-electron chi connectivity index (χ4n) is 4.26. The predicted molar refractivity (Wildman–Crippen MR) is 127 cm³/mol. The number of alkyl halides is 3. The minimum Gasteiger partial charge on any atom is -0.356 e. The maximum atomic E-state index is 13.7. The zero-order valence-electron chi connectivity index (χ0n) is 18.3. The van der Waals surface area contributed by atoms with Crippen LogP contribution in [0.25, 0.3) is 0 Å². The monoisotopic (exact) mass is 518 g/mol. The van der Waals surface area contributed by atoms with E-state index >= 15 is 0 Å². The molecular weight excluding hydrogens is 497 g/mol. The summed E-state index contributed by atoms with van der Waals surface area (Å²) in [7, 11) is -4.08. The first-order valence-corrected chi connectivity index (χ1v) is 13.1. The van der Waals surface area contributed by atoms with Gasteiger partial charge in [-0.3, -0.25) is 0 Å². The number of aromatic nitrogens is 2. The number of para-hydroxylation sites is 1. The molecule has 0 saturated carbocycles. The van der Waals surface area contributed by atoms with Crippen molar-refractivity contribution in [1.82, 2.24) is 14.3 Å². The number of hydrogen-bond donors (Lipinski definition) is 1. The van der Waals surface area contributed by atoms with Crippen LogP contribution in [0.15, 0.2) is 83.5 Å². The molecule has 0 aliphatic carbocycles. The molecule has 0 unspecified atom stereocenters. The predicted octanol–water partition coefficient (Wildman–Crippen LogP) is 5.44. The van der Waals surface area contributed by atoms with Crippen molar-refractivity contribution < 1.29 is 21.6 Å². The fraction of sp³-hybridized carbons (Fsp3) is 0.208. The van der Waals surface area contributed by atoms with E-state index in [0.717, 1.165) is 46.1 Å². The van der Waals surface area contributed by atoms with Gasteiger partial charge in [0.15, 0.2) is 0 Å². The van der Waals surface area contributed by atoms with Crippen LogP contribution in [0, 0.1) is 0 Å². The average molecular weight is 519 g/mol. The van der Waals surface area contributed by atoms with E-state index in [2.05, 4.69) is 14.9 Å². The molecule has 3 heterocycles. The number of anilines is 1. The molecule has 1 N–H and O–H groups in total. The Morgan fingerprint density at radius 2 is 1.83 bits per heavy atom. The van der Waals surface area contributed by atoms with Crippen molar-refractivity contribution in [2.24, 2.45) is 0 Å². The summed E-state index contributed by atoms with van der Waals surface area (Å²) in [4.78, 5) is 10.2. The topological polar surface area (TPSA) is 69.3 Å².